The van der Waals surface area contributed by atoms with Gasteiger partial charge in [0, 0.05) is 12.1 Å². The van der Waals surface area contributed by atoms with Gasteiger partial charge >= 0.3 is 5.97 Å². The molecule has 9 nitrogen and oxygen atoms in total. The number of hydrogen-bond acceptors (Lipinski definition) is 8. The maximum Gasteiger partial charge on any atom is 0.326 e. The number of carbonyl (C=O) groups is 2. The molecule has 1 amide bonds. The standard InChI is InChI=1S/C23H26N2O7S/c1-6-32-22(27)13-25-15-11-18(30-4)19(31-5)12-20(15)33-23(25)24-21(26)10-14-7-8-16(28-2)17(9-14)29-3/h7-9,11-12H,6,10,13H2,1-5H3. The SMILES string of the molecule is CCOC(=O)Cn1c(=NC(=O)Cc2ccc(OC)c(OC)c2)sc2cc(OC)c(OC)cc21. The molecule has 0 saturated carbocycles. The van der Waals surface area contributed by atoms with Crippen molar-refractivity contribution in [2.75, 3.05) is 35.0 Å². The minimum absolute atomic E-state index is 0.0562. The summed E-state index contributed by atoms with van der Waals surface area (Å²) in [6.07, 6.45) is 0.0562. The number of fused-ring (bicyclic) bond motifs is 1. The predicted octanol–water partition coefficient (Wildman–Crippen LogP) is 2.97. The molecule has 1 heterocycles. The number of nitrogens with zero attached hydrogens (tertiary/aromatic N) is 2. The first-order valence-corrected chi connectivity index (χ1v) is 10.9. The number of hydrogen-bond donors (Lipinski definition) is 0. The van der Waals surface area contributed by atoms with Crippen LogP contribution in [0.5, 0.6) is 23.0 Å². The molecule has 10 heteroatoms. The number of amides is 1. The second-order valence-electron chi connectivity index (χ2n) is 6.82. The van der Waals surface area contributed by atoms with E-state index in [0.29, 0.717) is 33.3 Å². The van der Waals surface area contributed by atoms with E-state index in [1.807, 2.05) is 0 Å². The molecule has 0 unspecified atom stereocenters. The number of benzene rings is 2. The number of ether oxygens (including phenoxy) is 5. The summed E-state index contributed by atoms with van der Waals surface area (Å²) < 4.78 is 28.8. The summed E-state index contributed by atoms with van der Waals surface area (Å²) >= 11 is 1.27. The molecule has 0 radical (unpaired) electrons. The average Bonchev–Trinajstić information content (AvgIpc) is 3.13. The van der Waals surface area contributed by atoms with Crippen LogP contribution >= 0.6 is 11.3 Å². The van der Waals surface area contributed by atoms with Gasteiger partial charge in [0.05, 0.1) is 51.7 Å². The largest absolute Gasteiger partial charge is 0.493 e. The molecule has 0 bridgehead atoms. The quantitative estimate of drug-likeness (QED) is 0.440. The van der Waals surface area contributed by atoms with Crippen LogP contribution in [0.4, 0.5) is 0 Å². The molecule has 0 aliphatic rings. The lowest BCUT2D eigenvalue weighted by atomic mass is 10.1. The molecule has 0 N–H and O–H groups in total. The van der Waals surface area contributed by atoms with E-state index < -0.39 is 5.97 Å². The molecule has 0 spiro atoms. The zero-order chi connectivity index (χ0) is 24.0. The Morgan fingerprint density at radius 2 is 1.55 bits per heavy atom. The number of methoxy groups -OCH3 is 4. The minimum atomic E-state index is -0.430. The van der Waals surface area contributed by atoms with Crippen LogP contribution < -0.4 is 23.7 Å². The third kappa shape index (κ3) is 5.46. The highest BCUT2D eigenvalue weighted by molar-refractivity contribution is 7.16. The zero-order valence-electron chi connectivity index (χ0n) is 19.2. The average molecular weight is 475 g/mol. The van der Waals surface area contributed by atoms with E-state index in [2.05, 4.69) is 4.99 Å². The van der Waals surface area contributed by atoms with Gasteiger partial charge < -0.3 is 28.3 Å². The van der Waals surface area contributed by atoms with Crippen molar-refractivity contribution in [2.45, 2.75) is 19.9 Å². The lowest BCUT2D eigenvalue weighted by molar-refractivity contribution is -0.143. The Morgan fingerprint density at radius 1 is 0.909 bits per heavy atom. The Labute approximate surface area is 195 Å². The van der Waals surface area contributed by atoms with E-state index in [4.69, 9.17) is 23.7 Å². The third-order valence-corrected chi connectivity index (χ3v) is 5.85. The maximum absolute atomic E-state index is 12.8. The Kier molecular flexibility index (Phi) is 7.94. The van der Waals surface area contributed by atoms with E-state index in [1.165, 1.54) is 25.6 Å². The molecule has 2 aromatic carbocycles. The summed E-state index contributed by atoms with van der Waals surface area (Å²) in [6, 6.07) is 8.79. The Bertz CT molecular complexity index is 1230. The molecule has 0 fully saturated rings. The molecule has 176 valence electrons. The Morgan fingerprint density at radius 3 is 2.18 bits per heavy atom. The number of esters is 1. The van der Waals surface area contributed by atoms with Crippen molar-refractivity contribution >= 4 is 33.4 Å². The van der Waals surface area contributed by atoms with Crippen molar-refractivity contribution < 1.29 is 33.3 Å². The van der Waals surface area contributed by atoms with Gasteiger partial charge in [-0.2, -0.15) is 4.99 Å². The van der Waals surface area contributed by atoms with Gasteiger partial charge in [-0.25, -0.2) is 0 Å². The van der Waals surface area contributed by atoms with Crippen LogP contribution in [-0.4, -0.2) is 51.5 Å². The molecular weight excluding hydrogens is 448 g/mol. The Hall–Kier alpha value is -3.53. The van der Waals surface area contributed by atoms with Crippen LogP contribution in [0.3, 0.4) is 0 Å². The first kappa shape index (κ1) is 24.1. The van der Waals surface area contributed by atoms with Crippen LogP contribution in [0.15, 0.2) is 35.3 Å². The second-order valence-corrected chi connectivity index (χ2v) is 7.83. The zero-order valence-corrected chi connectivity index (χ0v) is 20.0. The topological polar surface area (TPSA) is 97.6 Å². The van der Waals surface area contributed by atoms with Crippen LogP contribution in [0, 0.1) is 0 Å². The van der Waals surface area contributed by atoms with Gasteiger partial charge in [0.1, 0.15) is 6.54 Å². The summed E-state index contributed by atoms with van der Waals surface area (Å²) in [4.78, 5) is 29.7. The summed E-state index contributed by atoms with van der Waals surface area (Å²) in [7, 11) is 6.16. The summed E-state index contributed by atoms with van der Waals surface area (Å²) in [6.45, 7) is 1.90. The first-order chi connectivity index (χ1) is 15.9. The fourth-order valence-corrected chi connectivity index (χ4v) is 4.34. The third-order valence-electron chi connectivity index (χ3n) is 4.80. The van der Waals surface area contributed by atoms with Gasteiger partial charge in [-0.05, 0) is 24.6 Å². The maximum atomic E-state index is 12.8. The van der Waals surface area contributed by atoms with E-state index in [0.717, 1.165) is 10.3 Å². The van der Waals surface area contributed by atoms with Crippen molar-refractivity contribution in [3.63, 3.8) is 0 Å². The molecule has 33 heavy (non-hydrogen) atoms. The van der Waals surface area contributed by atoms with Crippen molar-refractivity contribution in [3.05, 3.63) is 40.7 Å². The molecule has 0 aliphatic heterocycles. The minimum Gasteiger partial charge on any atom is -0.493 e. The highest BCUT2D eigenvalue weighted by atomic mass is 32.1. The van der Waals surface area contributed by atoms with Crippen molar-refractivity contribution in [2.24, 2.45) is 4.99 Å². The normalized spacial score (nSPS) is 11.4. The molecule has 0 atom stereocenters. The van der Waals surface area contributed by atoms with Crippen molar-refractivity contribution in [3.8, 4) is 23.0 Å². The predicted molar refractivity (Wildman–Crippen MR) is 123 cm³/mol. The molecule has 1 aromatic heterocycles. The molecule has 0 saturated heterocycles. The van der Waals surface area contributed by atoms with E-state index in [1.54, 1.807) is 56.0 Å². The number of aromatic nitrogens is 1. The highest BCUT2D eigenvalue weighted by Crippen LogP contribution is 2.33. The first-order valence-electron chi connectivity index (χ1n) is 10.1. The van der Waals surface area contributed by atoms with Crippen LogP contribution in [0.2, 0.25) is 0 Å². The van der Waals surface area contributed by atoms with Crippen LogP contribution in [-0.2, 0) is 27.3 Å². The van der Waals surface area contributed by atoms with Gasteiger partial charge in [0.25, 0.3) is 5.91 Å². The van der Waals surface area contributed by atoms with E-state index in [9.17, 15) is 9.59 Å². The van der Waals surface area contributed by atoms with Crippen molar-refractivity contribution in [1.82, 2.24) is 4.57 Å². The Balaban J connectivity index is 2.04. The highest BCUT2D eigenvalue weighted by Gasteiger charge is 2.16. The monoisotopic (exact) mass is 474 g/mol. The smallest absolute Gasteiger partial charge is 0.326 e. The van der Waals surface area contributed by atoms with Crippen molar-refractivity contribution in [1.29, 1.82) is 0 Å². The van der Waals surface area contributed by atoms with Gasteiger partial charge in [0.15, 0.2) is 27.8 Å². The fraction of sp³-hybridized carbons (Fsp3) is 0.348. The molecule has 0 aliphatic carbocycles. The molecule has 3 rings (SSSR count). The summed E-state index contributed by atoms with van der Waals surface area (Å²) in [5.41, 5.74) is 1.41. The lowest BCUT2D eigenvalue weighted by Crippen LogP contribution is -2.23. The molecule has 3 aromatic rings. The molecular formula is C23H26N2O7S. The fourth-order valence-electron chi connectivity index (χ4n) is 3.28. The number of thiazole rings is 1. The van der Waals surface area contributed by atoms with Crippen LogP contribution in [0.25, 0.3) is 10.2 Å². The van der Waals surface area contributed by atoms with E-state index in [-0.39, 0.29) is 25.5 Å². The summed E-state index contributed by atoms with van der Waals surface area (Å²) in [5, 5.41) is 0. The van der Waals surface area contributed by atoms with Gasteiger partial charge in [-0.1, -0.05) is 17.4 Å². The lowest BCUT2D eigenvalue weighted by Gasteiger charge is -2.09. The number of carbonyl (C=O) groups excluding carboxylic acids is 2. The second kappa shape index (κ2) is 10.9. The van der Waals surface area contributed by atoms with Gasteiger partial charge in [-0.3, -0.25) is 9.59 Å². The number of rotatable bonds is 9. The van der Waals surface area contributed by atoms with Crippen LogP contribution in [0.1, 0.15) is 12.5 Å². The van der Waals surface area contributed by atoms with Gasteiger partial charge in [0.2, 0.25) is 0 Å². The van der Waals surface area contributed by atoms with Gasteiger partial charge in [-0.15, -0.1) is 0 Å². The van der Waals surface area contributed by atoms with E-state index >= 15 is 0 Å². The summed E-state index contributed by atoms with van der Waals surface area (Å²) in [5.74, 6) is 1.35.